The van der Waals surface area contributed by atoms with Crippen LogP contribution in [0, 0.1) is 11.3 Å². The van der Waals surface area contributed by atoms with Crippen LogP contribution in [-0.2, 0) is 16.0 Å². The maximum absolute atomic E-state index is 12.9. The van der Waals surface area contributed by atoms with Gasteiger partial charge >= 0.3 is 0 Å². The minimum absolute atomic E-state index is 0.127. The highest BCUT2D eigenvalue weighted by Crippen LogP contribution is 2.20. The average Bonchev–Trinajstić information content (AvgIpc) is 3.16. The minimum atomic E-state index is -0.219. The van der Waals surface area contributed by atoms with Gasteiger partial charge < -0.3 is 15.0 Å². The van der Waals surface area contributed by atoms with Crippen molar-refractivity contribution in [3.05, 3.63) is 71.9 Å². The zero-order valence-corrected chi connectivity index (χ0v) is 20.4. The number of nitriles is 1. The average molecular weight is 487 g/mol. The number of anilines is 1. The molecular formula is C27H30N6O3. The van der Waals surface area contributed by atoms with Gasteiger partial charge in [0.05, 0.1) is 25.5 Å². The van der Waals surface area contributed by atoms with Gasteiger partial charge in [-0.2, -0.15) is 10.4 Å². The monoisotopic (exact) mass is 486 g/mol. The van der Waals surface area contributed by atoms with Crippen LogP contribution in [0.2, 0.25) is 0 Å². The summed E-state index contributed by atoms with van der Waals surface area (Å²) < 4.78 is 6.74. The van der Waals surface area contributed by atoms with E-state index in [9.17, 15) is 14.9 Å². The summed E-state index contributed by atoms with van der Waals surface area (Å²) in [4.78, 5) is 29.6. The first-order chi connectivity index (χ1) is 17.6. The van der Waals surface area contributed by atoms with E-state index in [0.717, 1.165) is 30.0 Å². The zero-order chi connectivity index (χ0) is 25.3. The molecule has 0 spiro atoms. The summed E-state index contributed by atoms with van der Waals surface area (Å²) in [6.07, 6.45) is 3.38. The van der Waals surface area contributed by atoms with Crippen molar-refractivity contribution in [1.82, 2.24) is 19.6 Å². The Bertz CT molecular complexity index is 1220. The molecule has 1 N–H and O–H groups in total. The predicted octanol–water partition coefficient (Wildman–Crippen LogP) is 2.86. The Balaban J connectivity index is 1.29. The molecule has 9 nitrogen and oxygen atoms in total. The van der Waals surface area contributed by atoms with Crippen LogP contribution in [0.15, 0.2) is 60.8 Å². The van der Waals surface area contributed by atoms with Crippen molar-refractivity contribution in [2.75, 3.05) is 45.2 Å². The fourth-order valence-corrected chi connectivity index (χ4v) is 4.27. The van der Waals surface area contributed by atoms with Crippen molar-refractivity contribution in [1.29, 1.82) is 5.26 Å². The number of nitrogens with one attached hydrogen (secondary N) is 1. The molecule has 36 heavy (non-hydrogen) atoms. The smallest absolute Gasteiger partial charge is 0.239 e. The highest BCUT2D eigenvalue weighted by molar-refractivity contribution is 5.93. The lowest BCUT2D eigenvalue weighted by Gasteiger charge is -2.22. The SMILES string of the molecule is COc1ccc(CCC(=O)N2CCCN(CC(=O)Nc3c(C#N)cnn3-c3ccccc3)CC2)cc1. The van der Waals surface area contributed by atoms with Crippen LogP contribution < -0.4 is 10.1 Å². The van der Waals surface area contributed by atoms with Crippen molar-refractivity contribution in [2.45, 2.75) is 19.3 Å². The van der Waals surface area contributed by atoms with Gasteiger partial charge in [-0.15, -0.1) is 0 Å². The Hall–Kier alpha value is -4.16. The number of aryl methyl sites for hydroxylation is 1. The van der Waals surface area contributed by atoms with Gasteiger partial charge in [0.25, 0.3) is 0 Å². The molecule has 0 radical (unpaired) electrons. The molecule has 0 atom stereocenters. The largest absolute Gasteiger partial charge is 0.497 e. The lowest BCUT2D eigenvalue weighted by molar-refractivity contribution is -0.131. The minimum Gasteiger partial charge on any atom is -0.497 e. The number of benzene rings is 2. The number of rotatable bonds is 8. The Kier molecular flexibility index (Phi) is 8.32. The number of amides is 2. The highest BCUT2D eigenvalue weighted by Gasteiger charge is 2.22. The first-order valence-electron chi connectivity index (χ1n) is 12.0. The first kappa shape index (κ1) is 24.9. The molecule has 1 saturated heterocycles. The number of hydrogen-bond acceptors (Lipinski definition) is 6. The number of aromatic nitrogens is 2. The summed E-state index contributed by atoms with van der Waals surface area (Å²) in [5.74, 6) is 1.07. The second kappa shape index (κ2) is 12.0. The van der Waals surface area contributed by atoms with E-state index in [1.54, 1.807) is 11.8 Å². The molecule has 186 valence electrons. The van der Waals surface area contributed by atoms with Crippen LogP contribution >= 0.6 is 0 Å². The molecule has 9 heteroatoms. The van der Waals surface area contributed by atoms with Gasteiger partial charge in [0.15, 0.2) is 5.82 Å². The topological polar surface area (TPSA) is 103 Å². The molecule has 2 heterocycles. The summed E-state index contributed by atoms with van der Waals surface area (Å²) in [7, 11) is 1.63. The van der Waals surface area contributed by atoms with Gasteiger partial charge in [0.1, 0.15) is 17.4 Å². The van der Waals surface area contributed by atoms with Gasteiger partial charge in [0.2, 0.25) is 11.8 Å². The van der Waals surface area contributed by atoms with Gasteiger partial charge in [0, 0.05) is 32.6 Å². The summed E-state index contributed by atoms with van der Waals surface area (Å²) in [5.41, 5.74) is 2.16. The normalized spacial score (nSPS) is 14.1. The van der Waals surface area contributed by atoms with E-state index in [2.05, 4.69) is 16.5 Å². The molecule has 0 unspecified atom stereocenters. The second-order valence-electron chi connectivity index (χ2n) is 8.67. The summed E-state index contributed by atoms with van der Waals surface area (Å²) >= 11 is 0. The van der Waals surface area contributed by atoms with Crippen molar-refractivity contribution < 1.29 is 14.3 Å². The molecule has 1 fully saturated rings. The third-order valence-electron chi connectivity index (χ3n) is 6.24. The molecule has 1 aliphatic rings. The fourth-order valence-electron chi connectivity index (χ4n) is 4.27. The molecule has 0 saturated carbocycles. The van der Waals surface area contributed by atoms with E-state index < -0.39 is 0 Å². The maximum Gasteiger partial charge on any atom is 0.239 e. The van der Waals surface area contributed by atoms with Crippen LogP contribution in [0.25, 0.3) is 5.69 Å². The fraction of sp³-hybridized carbons (Fsp3) is 0.333. The number of hydrogen-bond donors (Lipinski definition) is 1. The van der Waals surface area contributed by atoms with Crippen LogP contribution in [0.3, 0.4) is 0 Å². The molecule has 2 amide bonds. The Labute approximate surface area is 210 Å². The van der Waals surface area contributed by atoms with Crippen LogP contribution in [-0.4, -0.2) is 71.2 Å². The number of para-hydroxylation sites is 1. The number of carbonyl (C=O) groups is 2. The van der Waals surface area contributed by atoms with Crippen LogP contribution in [0.1, 0.15) is 24.0 Å². The van der Waals surface area contributed by atoms with E-state index in [0.29, 0.717) is 43.9 Å². The van der Waals surface area contributed by atoms with Crippen molar-refractivity contribution >= 4 is 17.6 Å². The molecule has 1 aliphatic heterocycles. The van der Waals surface area contributed by atoms with Crippen LogP contribution in [0.4, 0.5) is 5.82 Å². The molecule has 3 aromatic rings. The summed E-state index contributed by atoms with van der Waals surface area (Å²) in [6.45, 7) is 2.78. The first-order valence-corrected chi connectivity index (χ1v) is 12.0. The molecular weight excluding hydrogens is 456 g/mol. The van der Waals surface area contributed by atoms with E-state index >= 15 is 0 Å². The van der Waals surface area contributed by atoms with Gasteiger partial charge in [-0.3, -0.25) is 14.5 Å². The van der Waals surface area contributed by atoms with Crippen LogP contribution in [0.5, 0.6) is 5.75 Å². The second-order valence-corrected chi connectivity index (χ2v) is 8.67. The lowest BCUT2D eigenvalue weighted by Crippen LogP contribution is -2.38. The van der Waals surface area contributed by atoms with E-state index in [1.807, 2.05) is 64.4 Å². The number of ether oxygens (including phenoxy) is 1. The molecule has 2 aromatic carbocycles. The van der Waals surface area contributed by atoms with E-state index in [4.69, 9.17) is 4.74 Å². The van der Waals surface area contributed by atoms with E-state index in [1.165, 1.54) is 6.20 Å². The van der Waals surface area contributed by atoms with Gasteiger partial charge in [-0.05, 0) is 42.7 Å². The van der Waals surface area contributed by atoms with Gasteiger partial charge in [-0.25, -0.2) is 4.68 Å². The van der Waals surface area contributed by atoms with Crippen molar-refractivity contribution in [3.8, 4) is 17.5 Å². The van der Waals surface area contributed by atoms with E-state index in [-0.39, 0.29) is 18.4 Å². The Morgan fingerprint density at radius 1 is 1.06 bits per heavy atom. The molecule has 4 rings (SSSR count). The maximum atomic E-state index is 12.9. The number of methoxy groups -OCH3 is 1. The summed E-state index contributed by atoms with van der Waals surface area (Å²) in [5, 5.41) is 16.6. The van der Waals surface area contributed by atoms with Gasteiger partial charge in [-0.1, -0.05) is 30.3 Å². The molecule has 0 aliphatic carbocycles. The third kappa shape index (κ3) is 6.29. The molecule has 1 aromatic heterocycles. The summed E-state index contributed by atoms with van der Waals surface area (Å²) in [6, 6.07) is 19.2. The zero-order valence-electron chi connectivity index (χ0n) is 20.4. The Morgan fingerprint density at radius 2 is 1.83 bits per heavy atom. The van der Waals surface area contributed by atoms with Crippen molar-refractivity contribution in [2.24, 2.45) is 0 Å². The quantitative estimate of drug-likeness (QED) is 0.525. The number of carbonyl (C=O) groups excluding carboxylic acids is 2. The van der Waals surface area contributed by atoms with Crippen molar-refractivity contribution in [3.63, 3.8) is 0 Å². The standard InChI is InChI=1S/C27H30N6O3/c1-36-24-11-8-21(9-12-24)10-13-26(35)32-15-5-14-31(16-17-32)20-25(34)30-27-22(18-28)19-29-33(27)23-6-3-2-4-7-23/h2-4,6-9,11-12,19H,5,10,13-17,20H2,1H3,(H,30,34). The predicted molar refractivity (Wildman–Crippen MR) is 136 cm³/mol. The molecule has 0 bridgehead atoms. The Morgan fingerprint density at radius 3 is 2.56 bits per heavy atom. The highest BCUT2D eigenvalue weighted by atomic mass is 16.5. The number of nitrogens with zero attached hydrogens (tertiary/aromatic N) is 5. The lowest BCUT2D eigenvalue weighted by atomic mass is 10.1. The third-order valence-corrected chi connectivity index (χ3v) is 6.24.